The molecule has 0 aliphatic carbocycles. The van der Waals surface area contributed by atoms with Crippen molar-refractivity contribution in [1.82, 2.24) is 0 Å². The third-order valence-corrected chi connectivity index (χ3v) is 0. The molecule has 0 rings (SSSR count). The second kappa shape index (κ2) is 30.8. The van der Waals surface area contributed by atoms with Gasteiger partial charge in [0, 0.05) is 36.5 Å². The van der Waals surface area contributed by atoms with Crippen LogP contribution in [-0.2, 0) is 36.5 Å². The molecule has 0 aromatic carbocycles. The van der Waals surface area contributed by atoms with Gasteiger partial charge in [-0.25, -0.2) is 0 Å². The van der Waals surface area contributed by atoms with Crippen molar-refractivity contribution in [3.05, 3.63) is 0 Å². The molecule has 0 saturated heterocycles. The first kappa shape index (κ1) is 49.3. The van der Waals surface area contributed by atoms with Crippen LogP contribution in [0.15, 0.2) is 0 Å². The van der Waals surface area contributed by atoms with Crippen molar-refractivity contribution in [3.8, 4) is 0 Å². The third-order valence-electron chi connectivity index (χ3n) is 0. The molecule has 37 valence electrons. The molecule has 1 unspecified atom stereocenters. The molecule has 0 aromatic heterocycles. The maximum absolute atomic E-state index is 0. The summed E-state index contributed by atoms with van der Waals surface area (Å²) in [6.45, 7) is 0. The van der Waals surface area contributed by atoms with Crippen molar-refractivity contribution >= 4 is 44.5 Å². The molecule has 1 atom stereocenters. The number of rotatable bonds is 0. The molecule has 0 aliphatic rings. The van der Waals surface area contributed by atoms with E-state index in [1.54, 1.807) is 0 Å². The monoisotopic (exact) mass is 325 g/mol. The fourth-order valence-electron chi connectivity index (χ4n) is 0. The predicted molar refractivity (Wildman–Crippen MR) is 31.0 cm³/mol. The SMILES string of the molecule is P.[Cu].[SiH4].[TeH2].[Zn]. The van der Waals surface area contributed by atoms with Gasteiger partial charge in [-0.05, 0) is 11.0 Å². The van der Waals surface area contributed by atoms with Crippen molar-refractivity contribution in [1.29, 1.82) is 0 Å². The summed E-state index contributed by atoms with van der Waals surface area (Å²) in [6, 6.07) is 0. The summed E-state index contributed by atoms with van der Waals surface area (Å²) in [5.41, 5.74) is 0. The summed E-state index contributed by atoms with van der Waals surface area (Å²) >= 11 is 0. The Morgan fingerprint density at radius 1 is 1.00 bits per heavy atom. The largest absolute Gasteiger partial charge is 0 e. The molecule has 5 heavy (non-hydrogen) atoms. The zero-order chi connectivity index (χ0) is 0. The average molecular weight is 325 g/mol. The Bertz CT molecular complexity index is 11.6. The molecular weight excluding hydrogens is 316 g/mol. The fourth-order valence-corrected chi connectivity index (χ4v) is 0. The van der Waals surface area contributed by atoms with Crippen LogP contribution in [-0.4, -0.2) is 34.6 Å². The minimum Gasteiger partial charge on any atom is 0 e. The van der Waals surface area contributed by atoms with Crippen LogP contribution in [0.1, 0.15) is 0 Å². The zero-order valence-corrected chi connectivity index (χ0v) is 10.4. The van der Waals surface area contributed by atoms with Gasteiger partial charge >= 0.3 is 23.7 Å². The van der Waals surface area contributed by atoms with Crippen LogP contribution in [0.5, 0.6) is 0 Å². The smallest absolute Gasteiger partial charge is 0 e. The van der Waals surface area contributed by atoms with Gasteiger partial charge in [0.05, 0.1) is 0 Å². The van der Waals surface area contributed by atoms with Crippen LogP contribution in [0.3, 0.4) is 0 Å². The van der Waals surface area contributed by atoms with Crippen molar-refractivity contribution in [2.24, 2.45) is 0 Å². The normalized spacial score (nSPS) is 0. The van der Waals surface area contributed by atoms with Gasteiger partial charge in [0.1, 0.15) is 0 Å². The van der Waals surface area contributed by atoms with Crippen LogP contribution >= 0.6 is 9.90 Å². The van der Waals surface area contributed by atoms with Crippen LogP contribution < -0.4 is 0 Å². The average Bonchev–Trinajstić information content (AvgIpc) is 0. The third kappa shape index (κ3) is 20.7. The van der Waals surface area contributed by atoms with E-state index in [2.05, 4.69) is 0 Å². The first-order valence-electron chi connectivity index (χ1n) is 0. The van der Waals surface area contributed by atoms with E-state index >= 15 is 0 Å². The summed E-state index contributed by atoms with van der Waals surface area (Å²) in [6.07, 6.45) is 0. The molecule has 0 N–H and O–H groups in total. The van der Waals surface area contributed by atoms with Crippen molar-refractivity contribution < 1.29 is 36.5 Å². The zero-order valence-electron chi connectivity index (χ0n) is 2.22. The summed E-state index contributed by atoms with van der Waals surface area (Å²) in [5, 5.41) is 0. The Morgan fingerprint density at radius 3 is 1.00 bits per heavy atom. The molecule has 0 nitrogen and oxygen atoms in total. The van der Waals surface area contributed by atoms with E-state index in [1.807, 2.05) is 0 Å². The molecule has 0 spiro atoms. The van der Waals surface area contributed by atoms with Crippen molar-refractivity contribution in [2.75, 3.05) is 0 Å². The van der Waals surface area contributed by atoms with Crippen LogP contribution in [0, 0.1) is 0 Å². The van der Waals surface area contributed by atoms with Gasteiger partial charge < -0.3 is 0 Å². The van der Waals surface area contributed by atoms with E-state index in [-0.39, 0.29) is 81.1 Å². The second-order valence-electron chi connectivity index (χ2n) is 0. The Kier molecular flexibility index (Phi) is 304. The summed E-state index contributed by atoms with van der Waals surface area (Å²) < 4.78 is 0. The number of hydrogen-bond acceptors (Lipinski definition) is 0. The predicted octanol–water partition coefficient (Wildman–Crippen LogP) is -2.31. The summed E-state index contributed by atoms with van der Waals surface area (Å²) in [5.74, 6) is 0. The minimum atomic E-state index is 0. The van der Waals surface area contributed by atoms with Gasteiger partial charge in [0.25, 0.3) is 0 Å². The Balaban J connectivity index is 0. The molecule has 0 saturated carbocycles. The first-order chi connectivity index (χ1) is 0. The van der Waals surface area contributed by atoms with E-state index in [0.717, 1.165) is 0 Å². The van der Waals surface area contributed by atoms with E-state index in [1.165, 1.54) is 0 Å². The molecule has 0 heterocycles. The first-order valence-corrected chi connectivity index (χ1v) is 0. The van der Waals surface area contributed by atoms with Crippen LogP contribution in [0.2, 0.25) is 0 Å². The molecule has 1 radical (unpaired) electrons. The van der Waals surface area contributed by atoms with Crippen LogP contribution in [0.25, 0.3) is 0 Å². The molecular formula is H9CuPSiTeZn. The molecule has 5 heteroatoms. The van der Waals surface area contributed by atoms with Gasteiger partial charge in [0.15, 0.2) is 0 Å². The van der Waals surface area contributed by atoms with Crippen molar-refractivity contribution in [3.63, 3.8) is 0 Å². The maximum Gasteiger partial charge on any atom is 0 e. The van der Waals surface area contributed by atoms with E-state index in [0.29, 0.717) is 0 Å². The summed E-state index contributed by atoms with van der Waals surface area (Å²) in [4.78, 5) is 0. The maximum atomic E-state index is 0. The van der Waals surface area contributed by atoms with Gasteiger partial charge in [-0.15, -0.1) is 0 Å². The molecule has 0 bridgehead atoms. The molecule has 0 aromatic rings. The fraction of sp³-hybridized carbons (Fsp3) is 0. The van der Waals surface area contributed by atoms with Gasteiger partial charge in [0.2, 0.25) is 0 Å². The number of hydrogen-bond donors (Lipinski definition) is 0. The molecule has 0 aliphatic heterocycles. The minimum absolute atomic E-state index is 0. The second-order valence-corrected chi connectivity index (χ2v) is 0. The van der Waals surface area contributed by atoms with Gasteiger partial charge in [-0.2, -0.15) is 9.90 Å². The molecule has 0 amide bonds. The van der Waals surface area contributed by atoms with Crippen molar-refractivity contribution in [2.45, 2.75) is 0 Å². The van der Waals surface area contributed by atoms with E-state index < -0.39 is 0 Å². The standard InChI is InChI=1S/Cu.H3P.H4Si.H2Te.Zn/h;1H3;1H4;1H2;. The van der Waals surface area contributed by atoms with Crippen LogP contribution in [0.4, 0.5) is 0 Å². The Hall–Kier alpha value is 2.58. The van der Waals surface area contributed by atoms with E-state index in [4.69, 9.17) is 0 Å². The molecule has 0 fully saturated rings. The summed E-state index contributed by atoms with van der Waals surface area (Å²) in [7, 11) is 0. The van der Waals surface area contributed by atoms with E-state index in [9.17, 15) is 0 Å². The topological polar surface area (TPSA) is 0 Å². The Labute approximate surface area is 80.2 Å². The van der Waals surface area contributed by atoms with Gasteiger partial charge in [-0.3, -0.25) is 0 Å². The van der Waals surface area contributed by atoms with Gasteiger partial charge in [-0.1, -0.05) is 0 Å². The quantitative estimate of drug-likeness (QED) is 0.347. The Morgan fingerprint density at radius 2 is 1.00 bits per heavy atom.